The molecule has 4 aromatic rings. The molecule has 466 valence electrons. The third-order valence-corrected chi connectivity index (χ3v) is 17.7. The number of ether oxygens (including phenoxy) is 4. The lowest BCUT2D eigenvalue weighted by Crippen LogP contribution is -2.58. The summed E-state index contributed by atoms with van der Waals surface area (Å²) in [4.78, 5) is 92.9. The minimum absolute atomic E-state index is 0.00780. The zero-order chi connectivity index (χ0) is 61.6. The van der Waals surface area contributed by atoms with Gasteiger partial charge in [0.15, 0.2) is 11.6 Å². The number of rotatable bonds is 26. The molecule has 87 heavy (non-hydrogen) atoms. The molecule has 5 atom stereocenters. The molecule has 5 aliphatic rings. The van der Waals surface area contributed by atoms with Gasteiger partial charge in [0.1, 0.15) is 17.7 Å². The van der Waals surface area contributed by atoms with Gasteiger partial charge in [-0.1, -0.05) is 25.3 Å². The summed E-state index contributed by atoms with van der Waals surface area (Å²) in [6.45, 7) is 18.6. The van der Waals surface area contributed by atoms with Crippen molar-refractivity contribution in [1.29, 1.82) is 0 Å². The number of nitrogens with one attached hydrogen (secondary N) is 3. The van der Waals surface area contributed by atoms with E-state index in [1.165, 1.54) is 35.4 Å². The molecule has 0 aliphatic carbocycles. The highest BCUT2D eigenvalue weighted by atomic mass is 32.2. The van der Waals surface area contributed by atoms with Crippen LogP contribution in [0.5, 0.6) is 0 Å². The number of piperidine rings is 1. The minimum atomic E-state index is -0.760. The van der Waals surface area contributed by atoms with Gasteiger partial charge in [-0.2, -0.15) is 4.68 Å². The van der Waals surface area contributed by atoms with Crippen molar-refractivity contribution in [3.8, 4) is 11.3 Å². The van der Waals surface area contributed by atoms with Gasteiger partial charge in [-0.3, -0.25) is 29.0 Å². The van der Waals surface area contributed by atoms with E-state index in [2.05, 4.69) is 37.5 Å². The van der Waals surface area contributed by atoms with Crippen molar-refractivity contribution in [2.75, 3.05) is 116 Å². The Balaban J connectivity index is 0.637. The van der Waals surface area contributed by atoms with E-state index in [9.17, 15) is 28.4 Å². The van der Waals surface area contributed by atoms with E-state index in [1.807, 2.05) is 9.80 Å². The number of aliphatic imine (C=N–C) groups is 1. The fourth-order valence-corrected chi connectivity index (χ4v) is 12.9. The van der Waals surface area contributed by atoms with E-state index in [1.54, 1.807) is 60.6 Å². The number of thioether (sulfide) groups is 1. The number of likely N-dealkylation sites (N-methyl/N-ethyl adjacent to an activating group) is 1. The van der Waals surface area contributed by atoms with Gasteiger partial charge in [0, 0.05) is 57.5 Å². The molecule has 0 spiro atoms. The minimum Gasteiger partial charge on any atom is -0.381 e. The molecule has 5 amide bonds. The van der Waals surface area contributed by atoms with Gasteiger partial charge in [-0.05, 0) is 111 Å². The summed E-state index contributed by atoms with van der Waals surface area (Å²) in [5.41, 5.74) is 10.1. The summed E-state index contributed by atoms with van der Waals surface area (Å²) in [6.07, 6.45) is 5.92. The van der Waals surface area contributed by atoms with Crippen molar-refractivity contribution in [2.45, 2.75) is 102 Å². The number of anilines is 2. The number of carbonyl (C=O) groups excluding carboxylic acids is 5. The second kappa shape index (κ2) is 30.5. The molecule has 0 radical (unpaired) electrons. The van der Waals surface area contributed by atoms with Crippen molar-refractivity contribution >= 4 is 69.4 Å². The van der Waals surface area contributed by atoms with Crippen LogP contribution >= 0.6 is 11.8 Å². The molecule has 23 nitrogen and oxygen atoms in total. The van der Waals surface area contributed by atoms with E-state index in [-0.39, 0.29) is 123 Å². The lowest BCUT2D eigenvalue weighted by Gasteiger charge is -2.38. The molecule has 26 heteroatoms. The van der Waals surface area contributed by atoms with Gasteiger partial charge >= 0.3 is 5.82 Å². The number of nitrogens with zero attached hydrogens (tertiary/aromatic N) is 10. The van der Waals surface area contributed by atoms with Gasteiger partial charge in [0.25, 0.3) is 5.91 Å². The number of halogens is 2. The number of fused-ring (bicyclic) bond motifs is 9. The van der Waals surface area contributed by atoms with E-state index in [4.69, 9.17) is 41.2 Å². The predicted molar refractivity (Wildman–Crippen MR) is 325 cm³/mol. The first-order valence-corrected chi connectivity index (χ1v) is 30.8. The third-order valence-electron chi connectivity index (χ3n) is 16.6. The number of nitrogens with two attached hydrogens (primary N) is 1. The second-order valence-corrected chi connectivity index (χ2v) is 23.3. The van der Waals surface area contributed by atoms with Gasteiger partial charge in [-0.25, -0.2) is 18.7 Å². The SMILES string of the molecule is [C-]#[N+]c1nn(CCNC(=O)CCOCCOCCOCCOCCC(=O)N2CCC([C@@H](NC(=O)[C@@H](C)NC)C(=O)N3CCC[C@@H]3C3=NC(C(=C)c4ccc(F)cc4)CS3)CC2)c2c1-c1cnc(N)c(n1)N1CCC[C@@H]1c1cc(F)cc(c1)C(=O)N(C)C2. The Labute approximate surface area is 510 Å². The summed E-state index contributed by atoms with van der Waals surface area (Å²) >= 11 is 1.62. The fraction of sp³-hybridized carbons (Fsp3) is 0.541. The highest BCUT2D eigenvalue weighted by Crippen LogP contribution is 2.41. The Kier molecular flexibility index (Phi) is 22.4. The Hall–Kier alpha value is -7.41. The van der Waals surface area contributed by atoms with Crippen LogP contribution in [-0.4, -0.2) is 199 Å². The van der Waals surface area contributed by atoms with E-state index >= 15 is 4.39 Å². The molecular weight excluding hydrogens is 1140 g/mol. The van der Waals surface area contributed by atoms with Crippen LogP contribution in [0.15, 0.2) is 60.2 Å². The molecule has 3 fully saturated rings. The third kappa shape index (κ3) is 16.0. The van der Waals surface area contributed by atoms with Crippen LogP contribution in [0.4, 0.5) is 26.2 Å². The van der Waals surface area contributed by atoms with Crippen LogP contribution in [0, 0.1) is 24.1 Å². The number of carbonyl (C=O) groups is 5. The normalized spacial score (nSPS) is 19.3. The largest absolute Gasteiger partial charge is 0.381 e. The summed E-state index contributed by atoms with van der Waals surface area (Å²) in [6, 6.07) is 8.63. The molecule has 9 rings (SSSR count). The number of hydrogen-bond acceptors (Lipinski definition) is 17. The van der Waals surface area contributed by atoms with Crippen molar-refractivity contribution in [2.24, 2.45) is 10.9 Å². The van der Waals surface area contributed by atoms with Crippen molar-refractivity contribution < 1.29 is 51.7 Å². The van der Waals surface area contributed by atoms with Crippen LogP contribution in [0.3, 0.4) is 0 Å². The van der Waals surface area contributed by atoms with Crippen molar-refractivity contribution in [1.82, 2.24) is 50.4 Å². The predicted octanol–water partition coefficient (Wildman–Crippen LogP) is 5.19. The van der Waals surface area contributed by atoms with Crippen LogP contribution < -0.4 is 26.6 Å². The molecule has 2 aromatic heterocycles. The molecule has 5 N–H and O–H groups in total. The van der Waals surface area contributed by atoms with Crippen LogP contribution in [0.25, 0.3) is 21.7 Å². The van der Waals surface area contributed by atoms with Gasteiger partial charge in [0.2, 0.25) is 23.6 Å². The van der Waals surface area contributed by atoms with Gasteiger partial charge in [0.05, 0.1) is 125 Å². The average Bonchev–Trinajstić information content (AvgIpc) is 1.78. The molecule has 3 saturated heterocycles. The number of likely N-dealkylation sites (tertiary alicyclic amines) is 2. The lowest BCUT2D eigenvalue weighted by atomic mass is 9.88. The maximum Gasteiger partial charge on any atom is 0.305 e. The first kappa shape index (κ1) is 64.1. The lowest BCUT2D eigenvalue weighted by molar-refractivity contribution is -0.140. The Morgan fingerprint density at radius 1 is 0.885 bits per heavy atom. The van der Waals surface area contributed by atoms with Crippen molar-refractivity contribution in [3.63, 3.8) is 0 Å². The average molecular weight is 1220 g/mol. The van der Waals surface area contributed by atoms with Gasteiger partial charge < -0.3 is 65.1 Å². The molecule has 4 bridgehead atoms. The monoisotopic (exact) mass is 1220 g/mol. The summed E-state index contributed by atoms with van der Waals surface area (Å²) in [7, 11) is 3.29. The van der Waals surface area contributed by atoms with Crippen LogP contribution in [0.1, 0.15) is 91.5 Å². The first-order valence-electron chi connectivity index (χ1n) is 29.8. The zero-order valence-electron chi connectivity index (χ0n) is 49.6. The molecular formula is C61H78F2N14O9S. The highest BCUT2D eigenvalue weighted by Gasteiger charge is 2.43. The number of nitrogen functional groups attached to an aromatic ring is 1. The van der Waals surface area contributed by atoms with Crippen LogP contribution in [0.2, 0.25) is 0 Å². The van der Waals surface area contributed by atoms with Crippen molar-refractivity contribution in [3.05, 3.63) is 101 Å². The van der Waals surface area contributed by atoms with Crippen LogP contribution in [-0.2, 0) is 51.2 Å². The molecule has 7 heterocycles. The van der Waals surface area contributed by atoms with E-state index in [0.29, 0.717) is 113 Å². The summed E-state index contributed by atoms with van der Waals surface area (Å²) in [5.74, 6) is -0.835. The fourth-order valence-electron chi connectivity index (χ4n) is 11.7. The molecule has 1 unspecified atom stereocenters. The molecule has 5 aliphatic heterocycles. The van der Waals surface area contributed by atoms with E-state index < -0.39 is 23.8 Å². The number of aromatic nitrogens is 4. The Morgan fingerprint density at radius 3 is 2.26 bits per heavy atom. The zero-order valence-corrected chi connectivity index (χ0v) is 50.5. The topological polar surface area (TPSA) is 258 Å². The summed E-state index contributed by atoms with van der Waals surface area (Å²) < 4.78 is 52.9. The quantitative estimate of drug-likeness (QED) is 0.0466. The standard InChI is InChI=1S/C61H78F2N14O9S/c1-38(40-10-12-44(62)13-11-40)47-37-87-59(70-47)49-9-7-20-76(49)61(82)54(71-58(80)39(2)65-3)41-14-21-74(22-15-41)52(79)17-25-84-27-29-86-31-30-85-28-26-83-24-16-51(78)67-18-23-77-50-36-73(5)60(81)43-32-42(33-45(63)34-43)48-8-6-19-75(48)57-55(64)68-35-46(69-57)53(50)56(66-4)72-77/h10-13,32-35,39,41,47-49,54,65H,1,6-9,14-31,36-37H2,2-3,5H3,(H2,64,68)(H,67,78)(H,71,80)/t39-,47?,48-,49-,54-/m1/s1. The number of amides is 5. The maximum atomic E-state index is 15.1. The number of benzene rings is 2. The second-order valence-electron chi connectivity index (χ2n) is 22.3. The summed E-state index contributed by atoms with van der Waals surface area (Å²) in [5, 5.41) is 14.4. The smallest absolute Gasteiger partial charge is 0.305 e. The molecule has 2 aromatic carbocycles. The highest BCUT2D eigenvalue weighted by molar-refractivity contribution is 8.14. The first-order chi connectivity index (χ1) is 42.1. The van der Waals surface area contributed by atoms with Gasteiger partial charge in [-0.15, -0.1) is 11.8 Å². The number of hydrogen-bond donors (Lipinski definition) is 4. The van der Waals surface area contributed by atoms with E-state index in [0.717, 1.165) is 35.4 Å². The Bertz CT molecular complexity index is 3190. The maximum absolute atomic E-state index is 15.1. The molecule has 0 saturated carbocycles. The Morgan fingerprint density at radius 2 is 1.56 bits per heavy atom.